The molecule has 9 rings (SSSR count). The number of fused-ring (bicyclic) bond motifs is 3. The van der Waals surface area contributed by atoms with Gasteiger partial charge in [-0.2, -0.15) is 9.97 Å². The summed E-state index contributed by atoms with van der Waals surface area (Å²) in [6, 6.07) is 7.76. The summed E-state index contributed by atoms with van der Waals surface area (Å²) in [6.07, 6.45) is 9.87. The highest BCUT2D eigenvalue weighted by Gasteiger charge is 2.53. The number of piperidine rings is 1. The van der Waals surface area contributed by atoms with Crippen LogP contribution in [0.5, 0.6) is 0 Å². The Morgan fingerprint density at radius 1 is 0.884 bits per heavy atom. The van der Waals surface area contributed by atoms with Crippen molar-refractivity contribution in [3.8, 4) is 11.5 Å². The average molecular weight is 593 g/mol. The molecule has 6 aliphatic rings. The van der Waals surface area contributed by atoms with Gasteiger partial charge in [-0.15, -0.1) is 0 Å². The molecule has 0 unspecified atom stereocenters. The molecule has 228 valence electrons. The molecule has 2 aromatic heterocycles. The Bertz CT molecular complexity index is 1480. The lowest BCUT2D eigenvalue weighted by atomic mass is 9.53. The monoisotopic (exact) mass is 592 g/mol. The number of benzene rings is 1. The second-order valence-electron chi connectivity index (χ2n) is 13.9. The first kappa shape index (κ1) is 27.3. The topological polar surface area (TPSA) is 101 Å². The predicted molar refractivity (Wildman–Crippen MR) is 153 cm³/mol. The van der Waals surface area contributed by atoms with E-state index in [1.165, 1.54) is 0 Å². The predicted octanol–water partition coefficient (Wildman–Crippen LogP) is 6.23. The minimum Gasteiger partial charge on any atom is -0.339 e. The Hall–Kier alpha value is -3.21. The number of carbonyl (C=O) groups is 1. The van der Waals surface area contributed by atoms with Gasteiger partial charge in [-0.05, 0) is 87.8 Å². The molecule has 0 N–H and O–H groups in total. The Balaban J connectivity index is 1.03. The maximum atomic E-state index is 14.0. The number of aromatic nitrogens is 4. The van der Waals surface area contributed by atoms with Gasteiger partial charge >= 0.3 is 0 Å². The van der Waals surface area contributed by atoms with Crippen LogP contribution in [-0.2, 0) is 10.2 Å². The van der Waals surface area contributed by atoms with Crippen LogP contribution in [0.15, 0.2) is 33.3 Å². The van der Waals surface area contributed by atoms with Gasteiger partial charge in [0, 0.05) is 61.0 Å². The molecular weight excluding hydrogens is 554 g/mol. The second kappa shape index (κ2) is 10.2. The summed E-state index contributed by atoms with van der Waals surface area (Å²) in [5.74, 6) is 1.00. The zero-order valence-corrected chi connectivity index (χ0v) is 24.4. The van der Waals surface area contributed by atoms with E-state index in [4.69, 9.17) is 14.0 Å². The van der Waals surface area contributed by atoms with Crippen molar-refractivity contribution in [1.29, 1.82) is 0 Å². The Kier molecular flexibility index (Phi) is 6.47. The third-order valence-electron chi connectivity index (χ3n) is 10.8. The third-order valence-corrected chi connectivity index (χ3v) is 10.8. The average Bonchev–Trinajstić information content (AvgIpc) is 3.96. The van der Waals surface area contributed by atoms with Crippen LogP contribution < -0.4 is 4.90 Å². The van der Waals surface area contributed by atoms with Crippen LogP contribution >= 0.6 is 0 Å². The summed E-state index contributed by atoms with van der Waals surface area (Å²) in [5.41, 5.74) is 1.47. The van der Waals surface area contributed by atoms with Gasteiger partial charge in [-0.3, -0.25) is 9.69 Å². The third kappa shape index (κ3) is 5.38. The molecule has 6 fully saturated rings. The summed E-state index contributed by atoms with van der Waals surface area (Å²) in [7, 11) is 0. The molecule has 1 aliphatic heterocycles. The molecule has 1 aromatic carbocycles. The molecule has 1 amide bonds. The van der Waals surface area contributed by atoms with Crippen LogP contribution in [0, 0.1) is 5.41 Å². The Morgan fingerprint density at radius 2 is 1.53 bits per heavy atom. The number of carbonyl (C=O) groups excluding carboxylic acids is 1. The first-order valence-corrected chi connectivity index (χ1v) is 16.0. The number of nitrogens with zero attached hydrogens (tertiary/aromatic N) is 6. The highest BCUT2D eigenvalue weighted by molar-refractivity contribution is 5.95. The van der Waals surface area contributed by atoms with E-state index in [0.717, 1.165) is 93.0 Å². The molecule has 5 saturated carbocycles. The van der Waals surface area contributed by atoms with Crippen LogP contribution in [0.3, 0.4) is 0 Å². The number of hydrogen-bond donors (Lipinski definition) is 0. The Morgan fingerprint density at radius 3 is 2.21 bits per heavy atom. The highest BCUT2D eigenvalue weighted by atomic mass is 19.3. The molecule has 2 bridgehead atoms. The van der Waals surface area contributed by atoms with Gasteiger partial charge in [-0.1, -0.05) is 16.4 Å². The van der Waals surface area contributed by atoms with Crippen molar-refractivity contribution in [3.63, 3.8) is 0 Å². The van der Waals surface area contributed by atoms with E-state index in [0.29, 0.717) is 24.3 Å². The molecule has 1 saturated heterocycles. The fourth-order valence-electron chi connectivity index (χ4n) is 7.42. The van der Waals surface area contributed by atoms with Crippen LogP contribution in [0.4, 0.5) is 14.5 Å². The van der Waals surface area contributed by atoms with Gasteiger partial charge in [0.1, 0.15) is 0 Å². The van der Waals surface area contributed by atoms with E-state index >= 15 is 0 Å². The number of hydrogen-bond acceptors (Lipinski definition) is 8. The molecule has 9 nitrogen and oxygen atoms in total. The van der Waals surface area contributed by atoms with Gasteiger partial charge < -0.3 is 13.9 Å². The standard InChI is InChI=1S/C32H38F2N6O3/c33-32(34)14-16-39(17-15-32)19-25(41)40(24-3-1-2-23(18-24)28-35-26(37-42-28)21-4-5-21)20-30-8-11-31(12-9-30,13-10-30)29-36-27(38-43-29)22-6-7-22/h1-3,18,21-22H,4-17,19-20H2. The normalized spacial score (nSPS) is 28.7. The first-order chi connectivity index (χ1) is 20.8. The maximum Gasteiger partial charge on any atom is 0.258 e. The number of likely N-dealkylation sites (tertiary alicyclic amines) is 1. The summed E-state index contributed by atoms with van der Waals surface area (Å²) in [5, 5.41) is 8.47. The smallest absolute Gasteiger partial charge is 0.258 e. The fourth-order valence-corrected chi connectivity index (χ4v) is 7.42. The van der Waals surface area contributed by atoms with Crippen LogP contribution in [0.2, 0.25) is 0 Å². The van der Waals surface area contributed by atoms with E-state index in [2.05, 4.69) is 15.3 Å². The van der Waals surface area contributed by atoms with Crippen molar-refractivity contribution in [2.45, 2.75) is 100 Å². The van der Waals surface area contributed by atoms with Gasteiger partial charge in [0.05, 0.1) is 6.54 Å². The van der Waals surface area contributed by atoms with Gasteiger partial charge in [-0.25, -0.2) is 8.78 Å². The number of amides is 1. The van der Waals surface area contributed by atoms with Gasteiger partial charge in [0.2, 0.25) is 11.8 Å². The van der Waals surface area contributed by atoms with Crippen LogP contribution in [-0.4, -0.2) is 63.2 Å². The summed E-state index contributed by atoms with van der Waals surface area (Å²) >= 11 is 0. The SMILES string of the molecule is O=C(CN1CCC(F)(F)CC1)N(CC12CCC(c3nc(C4CC4)no3)(CC1)CC2)c1cccc(-c2nc(C3CC3)no2)c1. The molecular formula is C32H38F2N6O3. The highest BCUT2D eigenvalue weighted by Crippen LogP contribution is 2.58. The molecule has 0 spiro atoms. The van der Waals surface area contributed by atoms with E-state index in [9.17, 15) is 13.6 Å². The van der Waals surface area contributed by atoms with Gasteiger partial charge in [0.15, 0.2) is 11.6 Å². The Labute approximate surface area is 249 Å². The van der Waals surface area contributed by atoms with E-state index < -0.39 is 5.92 Å². The van der Waals surface area contributed by atoms with Crippen LogP contribution in [0.25, 0.3) is 11.5 Å². The molecule has 11 heteroatoms. The minimum absolute atomic E-state index is 0.0225. The van der Waals surface area contributed by atoms with Crippen molar-refractivity contribution < 1.29 is 22.6 Å². The van der Waals surface area contributed by atoms with Crippen LogP contribution in [0.1, 0.15) is 106 Å². The number of halogens is 2. The van der Waals surface area contributed by atoms with E-state index in [1.54, 1.807) is 0 Å². The minimum atomic E-state index is -2.65. The molecule has 0 atom stereocenters. The van der Waals surface area contributed by atoms with Crippen molar-refractivity contribution in [2.75, 3.05) is 31.1 Å². The number of anilines is 1. The molecule has 43 heavy (non-hydrogen) atoms. The van der Waals surface area contributed by atoms with Crippen molar-refractivity contribution in [3.05, 3.63) is 41.8 Å². The zero-order chi connectivity index (χ0) is 29.2. The maximum absolute atomic E-state index is 14.0. The lowest BCUT2D eigenvalue weighted by Gasteiger charge is -2.53. The lowest BCUT2D eigenvalue weighted by Crippen LogP contribution is -2.52. The lowest BCUT2D eigenvalue weighted by molar-refractivity contribution is -0.122. The second-order valence-corrected chi connectivity index (χ2v) is 13.9. The summed E-state index contributed by atoms with van der Waals surface area (Å²) < 4.78 is 39.1. The molecule has 0 radical (unpaired) electrons. The molecule has 3 aromatic rings. The molecule has 3 heterocycles. The largest absolute Gasteiger partial charge is 0.339 e. The summed E-state index contributed by atoms with van der Waals surface area (Å²) in [4.78, 5) is 27.3. The van der Waals surface area contributed by atoms with Crippen molar-refractivity contribution >= 4 is 11.6 Å². The van der Waals surface area contributed by atoms with Crippen molar-refractivity contribution in [1.82, 2.24) is 25.2 Å². The molecule has 5 aliphatic carbocycles. The fraction of sp³-hybridized carbons (Fsp3) is 0.656. The van der Waals surface area contributed by atoms with Gasteiger partial charge in [0.25, 0.3) is 11.8 Å². The van der Waals surface area contributed by atoms with Crippen molar-refractivity contribution in [2.24, 2.45) is 5.41 Å². The number of alkyl halides is 2. The first-order valence-electron chi connectivity index (χ1n) is 16.0. The number of rotatable bonds is 9. The van der Waals surface area contributed by atoms with E-state index in [1.807, 2.05) is 34.1 Å². The van der Waals surface area contributed by atoms with E-state index in [-0.39, 0.29) is 49.2 Å². The quantitative estimate of drug-likeness (QED) is 0.288. The zero-order valence-electron chi connectivity index (χ0n) is 24.4. The summed E-state index contributed by atoms with van der Waals surface area (Å²) in [6.45, 7) is 1.15.